The van der Waals surface area contributed by atoms with E-state index < -0.39 is 0 Å². The summed E-state index contributed by atoms with van der Waals surface area (Å²) in [4.78, 5) is 0. The van der Waals surface area contributed by atoms with E-state index in [0.717, 1.165) is 5.69 Å². The first-order valence-electron chi connectivity index (χ1n) is 2.95. The molecule has 0 aliphatic carbocycles. The van der Waals surface area contributed by atoms with Crippen molar-refractivity contribution < 1.29 is 0 Å². The van der Waals surface area contributed by atoms with E-state index in [1.807, 2.05) is 38.4 Å². The summed E-state index contributed by atoms with van der Waals surface area (Å²) < 4.78 is 1.79. The Balaban J connectivity index is 2.85. The maximum atomic E-state index is 4.13. The first kappa shape index (κ1) is 6.08. The maximum Gasteiger partial charge on any atom is 0.0847 e. The van der Waals surface area contributed by atoms with Crippen molar-refractivity contribution in [1.29, 1.82) is 0 Å². The van der Waals surface area contributed by atoms with Crippen molar-refractivity contribution >= 4 is 6.08 Å². The van der Waals surface area contributed by atoms with Gasteiger partial charge in [-0.3, -0.25) is 4.68 Å². The van der Waals surface area contributed by atoms with Gasteiger partial charge in [0, 0.05) is 13.2 Å². The summed E-state index contributed by atoms with van der Waals surface area (Å²) in [7, 11) is 1.91. The number of hydrogen-bond donors (Lipinski definition) is 0. The highest BCUT2D eigenvalue weighted by molar-refractivity contribution is 5.42. The SMILES string of the molecule is C/C=C\c1ccn(C)n1. The topological polar surface area (TPSA) is 17.8 Å². The Kier molecular flexibility index (Phi) is 1.68. The van der Waals surface area contributed by atoms with Crippen LogP contribution in [0.4, 0.5) is 0 Å². The average Bonchev–Trinajstić information content (AvgIpc) is 2.17. The van der Waals surface area contributed by atoms with Gasteiger partial charge in [-0.2, -0.15) is 5.10 Å². The standard InChI is InChI=1S/C7H10N2/c1-3-4-7-5-6-9(2)8-7/h3-6H,1-2H3/b4-3-. The molecule has 0 amide bonds. The summed E-state index contributed by atoms with van der Waals surface area (Å²) in [5.74, 6) is 0. The van der Waals surface area contributed by atoms with Crippen LogP contribution in [0.25, 0.3) is 6.08 Å². The van der Waals surface area contributed by atoms with E-state index in [9.17, 15) is 0 Å². The van der Waals surface area contributed by atoms with Crippen LogP contribution in [0.2, 0.25) is 0 Å². The van der Waals surface area contributed by atoms with E-state index in [1.165, 1.54) is 0 Å². The van der Waals surface area contributed by atoms with Crippen molar-refractivity contribution in [3.05, 3.63) is 24.0 Å². The molecule has 0 N–H and O–H groups in total. The molecule has 0 atom stereocenters. The number of nitrogens with zero attached hydrogens (tertiary/aromatic N) is 2. The lowest BCUT2D eigenvalue weighted by Gasteiger charge is -1.81. The second-order valence-electron chi connectivity index (χ2n) is 1.91. The highest BCUT2D eigenvalue weighted by Crippen LogP contribution is 1.95. The maximum absolute atomic E-state index is 4.13. The van der Waals surface area contributed by atoms with Crippen LogP contribution < -0.4 is 0 Å². The molecule has 0 saturated carbocycles. The molecule has 1 aromatic heterocycles. The van der Waals surface area contributed by atoms with Crippen molar-refractivity contribution in [1.82, 2.24) is 9.78 Å². The van der Waals surface area contributed by atoms with Gasteiger partial charge in [0.05, 0.1) is 5.69 Å². The zero-order chi connectivity index (χ0) is 6.69. The van der Waals surface area contributed by atoms with Crippen LogP contribution in [0, 0.1) is 0 Å². The molecule has 2 nitrogen and oxygen atoms in total. The van der Waals surface area contributed by atoms with Gasteiger partial charge in [-0.25, -0.2) is 0 Å². The Hall–Kier alpha value is -1.05. The predicted octanol–water partition coefficient (Wildman–Crippen LogP) is 1.45. The number of rotatable bonds is 1. The molecular weight excluding hydrogens is 112 g/mol. The summed E-state index contributed by atoms with van der Waals surface area (Å²) >= 11 is 0. The minimum absolute atomic E-state index is 1.01. The first-order chi connectivity index (χ1) is 4.33. The van der Waals surface area contributed by atoms with Crippen molar-refractivity contribution in [3.63, 3.8) is 0 Å². The molecule has 48 valence electrons. The van der Waals surface area contributed by atoms with Crippen LogP contribution in [0.1, 0.15) is 12.6 Å². The molecule has 0 aliphatic rings. The molecule has 1 aromatic rings. The highest BCUT2D eigenvalue weighted by Gasteiger charge is 1.86. The molecule has 0 aromatic carbocycles. The van der Waals surface area contributed by atoms with Crippen LogP contribution in [0.15, 0.2) is 18.3 Å². The largest absolute Gasteiger partial charge is 0.275 e. The van der Waals surface area contributed by atoms with Gasteiger partial charge in [0.1, 0.15) is 0 Å². The molecular formula is C7H10N2. The fourth-order valence-electron chi connectivity index (χ4n) is 0.693. The van der Waals surface area contributed by atoms with Crippen molar-refractivity contribution in [3.8, 4) is 0 Å². The minimum atomic E-state index is 1.01. The third-order valence-corrected chi connectivity index (χ3v) is 1.07. The summed E-state index contributed by atoms with van der Waals surface area (Å²) in [6.45, 7) is 1.98. The van der Waals surface area contributed by atoms with Crippen LogP contribution >= 0.6 is 0 Å². The van der Waals surface area contributed by atoms with E-state index in [2.05, 4.69) is 5.10 Å². The fraction of sp³-hybridized carbons (Fsp3) is 0.286. The minimum Gasteiger partial charge on any atom is -0.275 e. The molecule has 0 spiro atoms. The monoisotopic (exact) mass is 122 g/mol. The van der Waals surface area contributed by atoms with Crippen LogP contribution in [0.5, 0.6) is 0 Å². The van der Waals surface area contributed by atoms with E-state index in [1.54, 1.807) is 4.68 Å². The summed E-state index contributed by atoms with van der Waals surface area (Å²) in [5, 5.41) is 4.13. The van der Waals surface area contributed by atoms with E-state index in [-0.39, 0.29) is 0 Å². The smallest absolute Gasteiger partial charge is 0.0847 e. The Bertz CT molecular complexity index is 210. The zero-order valence-electron chi connectivity index (χ0n) is 5.70. The number of aryl methyl sites for hydroxylation is 1. The Labute approximate surface area is 54.8 Å². The molecule has 9 heavy (non-hydrogen) atoms. The number of hydrogen-bond acceptors (Lipinski definition) is 1. The van der Waals surface area contributed by atoms with E-state index >= 15 is 0 Å². The van der Waals surface area contributed by atoms with Gasteiger partial charge < -0.3 is 0 Å². The molecule has 1 rings (SSSR count). The molecule has 0 bridgehead atoms. The number of aromatic nitrogens is 2. The Morgan fingerprint density at radius 3 is 2.89 bits per heavy atom. The lowest BCUT2D eigenvalue weighted by molar-refractivity contribution is 0.764. The van der Waals surface area contributed by atoms with Crippen molar-refractivity contribution in [2.24, 2.45) is 7.05 Å². The predicted molar refractivity (Wildman–Crippen MR) is 37.9 cm³/mol. The second kappa shape index (κ2) is 2.49. The summed E-state index contributed by atoms with van der Waals surface area (Å²) in [6.07, 6.45) is 5.87. The molecule has 1 heterocycles. The van der Waals surface area contributed by atoms with Gasteiger partial charge >= 0.3 is 0 Å². The molecule has 0 saturated heterocycles. The summed E-state index contributed by atoms with van der Waals surface area (Å²) in [6, 6.07) is 1.97. The van der Waals surface area contributed by atoms with Gasteiger partial charge in [-0.15, -0.1) is 0 Å². The van der Waals surface area contributed by atoms with Gasteiger partial charge in [0.25, 0.3) is 0 Å². The van der Waals surface area contributed by atoms with E-state index in [4.69, 9.17) is 0 Å². The lowest BCUT2D eigenvalue weighted by atomic mass is 10.4. The first-order valence-corrected chi connectivity index (χ1v) is 2.95. The zero-order valence-corrected chi connectivity index (χ0v) is 5.70. The third kappa shape index (κ3) is 1.42. The lowest BCUT2D eigenvalue weighted by Crippen LogP contribution is -1.86. The van der Waals surface area contributed by atoms with Crippen LogP contribution in [-0.4, -0.2) is 9.78 Å². The van der Waals surface area contributed by atoms with E-state index in [0.29, 0.717) is 0 Å². The quantitative estimate of drug-likeness (QED) is 0.551. The van der Waals surface area contributed by atoms with Gasteiger partial charge in [0.2, 0.25) is 0 Å². The fourth-order valence-corrected chi connectivity index (χ4v) is 0.693. The van der Waals surface area contributed by atoms with Gasteiger partial charge in [0.15, 0.2) is 0 Å². The van der Waals surface area contributed by atoms with Crippen LogP contribution in [-0.2, 0) is 7.05 Å². The highest BCUT2D eigenvalue weighted by atomic mass is 15.2. The molecule has 0 aliphatic heterocycles. The third-order valence-electron chi connectivity index (χ3n) is 1.07. The van der Waals surface area contributed by atoms with Crippen molar-refractivity contribution in [2.45, 2.75) is 6.92 Å². The second-order valence-corrected chi connectivity index (χ2v) is 1.91. The molecule has 0 fully saturated rings. The Morgan fingerprint density at radius 1 is 1.67 bits per heavy atom. The van der Waals surface area contributed by atoms with Crippen molar-refractivity contribution in [2.75, 3.05) is 0 Å². The number of allylic oxidation sites excluding steroid dienone is 1. The van der Waals surface area contributed by atoms with Crippen LogP contribution in [0.3, 0.4) is 0 Å². The molecule has 0 radical (unpaired) electrons. The molecule has 0 unspecified atom stereocenters. The Morgan fingerprint density at radius 2 is 2.44 bits per heavy atom. The van der Waals surface area contributed by atoms with Gasteiger partial charge in [-0.1, -0.05) is 6.08 Å². The summed E-state index contributed by atoms with van der Waals surface area (Å²) in [5.41, 5.74) is 1.01. The normalized spacial score (nSPS) is 10.9. The molecule has 2 heteroatoms. The average molecular weight is 122 g/mol. The van der Waals surface area contributed by atoms with Gasteiger partial charge in [-0.05, 0) is 19.1 Å².